The van der Waals surface area contributed by atoms with Gasteiger partial charge in [-0.2, -0.15) is 0 Å². The molecule has 0 spiro atoms. The molecule has 2 unspecified atom stereocenters. The van der Waals surface area contributed by atoms with Crippen LogP contribution < -0.4 is 11.1 Å². The number of carbonyl (C=O) groups excluding carboxylic acids is 2. The summed E-state index contributed by atoms with van der Waals surface area (Å²) in [6, 6.07) is 0. The first-order valence-corrected chi connectivity index (χ1v) is 5.78. The fourth-order valence-electron chi connectivity index (χ4n) is 1.96. The second-order valence-electron chi connectivity index (χ2n) is 4.36. The molecule has 0 aliphatic heterocycles. The van der Waals surface area contributed by atoms with Gasteiger partial charge < -0.3 is 10.5 Å². The lowest BCUT2D eigenvalue weighted by molar-refractivity contribution is -0.152. The Morgan fingerprint density at radius 3 is 2.62 bits per heavy atom. The maximum Gasteiger partial charge on any atom is 0.320 e. The van der Waals surface area contributed by atoms with Crippen LogP contribution in [-0.2, 0) is 14.3 Å². The van der Waals surface area contributed by atoms with E-state index in [1.54, 1.807) is 0 Å². The second kappa shape index (κ2) is 6.48. The molecule has 0 aromatic heterocycles. The van der Waals surface area contributed by atoms with Gasteiger partial charge in [-0.25, -0.2) is 0 Å². The van der Waals surface area contributed by atoms with E-state index in [0.717, 1.165) is 19.3 Å². The molecule has 0 radical (unpaired) electrons. The molecular formula is C11H20N2O3. The molecule has 92 valence electrons. The van der Waals surface area contributed by atoms with Crippen molar-refractivity contribution < 1.29 is 14.3 Å². The van der Waals surface area contributed by atoms with Gasteiger partial charge in [0.1, 0.15) is 6.10 Å². The standard InChI is InChI=1S/C11H20N2O3/c1-8-4-2-3-5-9(8)16-11(15)7-13-6-10(12)14/h8-9,13H,2-7H2,1H3,(H2,12,14). The van der Waals surface area contributed by atoms with Crippen molar-refractivity contribution in [1.29, 1.82) is 0 Å². The minimum Gasteiger partial charge on any atom is -0.461 e. The number of nitrogens with two attached hydrogens (primary N) is 1. The lowest BCUT2D eigenvalue weighted by Crippen LogP contribution is -2.36. The highest BCUT2D eigenvalue weighted by Crippen LogP contribution is 2.26. The van der Waals surface area contributed by atoms with Crippen molar-refractivity contribution >= 4 is 11.9 Å². The van der Waals surface area contributed by atoms with Crippen molar-refractivity contribution in [3.63, 3.8) is 0 Å². The molecule has 5 nitrogen and oxygen atoms in total. The molecule has 1 aliphatic rings. The first kappa shape index (κ1) is 13.0. The molecule has 5 heteroatoms. The molecule has 1 saturated carbocycles. The number of rotatable bonds is 5. The van der Waals surface area contributed by atoms with E-state index in [0.29, 0.717) is 5.92 Å². The Hall–Kier alpha value is -1.10. The predicted octanol–water partition coefficient (Wildman–Crippen LogP) is 0.183. The Morgan fingerprint density at radius 1 is 1.31 bits per heavy atom. The van der Waals surface area contributed by atoms with E-state index in [-0.39, 0.29) is 25.2 Å². The van der Waals surface area contributed by atoms with Gasteiger partial charge in [-0.1, -0.05) is 13.3 Å². The van der Waals surface area contributed by atoms with Crippen molar-refractivity contribution in [3.8, 4) is 0 Å². The average molecular weight is 228 g/mol. The Labute approximate surface area is 95.7 Å². The van der Waals surface area contributed by atoms with Crippen molar-refractivity contribution in [3.05, 3.63) is 0 Å². The highest BCUT2D eigenvalue weighted by molar-refractivity contribution is 5.77. The normalized spacial score (nSPS) is 25.1. The molecule has 16 heavy (non-hydrogen) atoms. The van der Waals surface area contributed by atoms with Gasteiger partial charge in [0.2, 0.25) is 5.91 Å². The minimum absolute atomic E-state index is 0.00925. The monoisotopic (exact) mass is 228 g/mol. The van der Waals surface area contributed by atoms with Crippen LogP contribution in [0.5, 0.6) is 0 Å². The Kier molecular flexibility index (Phi) is 5.25. The van der Waals surface area contributed by atoms with Crippen LogP contribution in [0.1, 0.15) is 32.6 Å². The molecule has 2 atom stereocenters. The van der Waals surface area contributed by atoms with Crippen LogP contribution in [0.2, 0.25) is 0 Å². The van der Waals surface area contributed by atoms with E-state index in [1.807, 2.05) is 0 Å². The summed E-state index contributed by atoms with van der Waals surface area (Å²) < 4.78 is 5.33. The first-order valence-electron chi connectivity index (χ1n) is 5.78. The van der Waals surface area contributed by atoms with Crippen LogP contribution in [0.25, 0.3) is 0 Å². The smallest absolute Gasteiger partial charge is 0.320 e. The van der Waals surface area contributed by atoms with E-state index >= 15 is 0 Å². The van der Waals surface area contributed by atoms with Gasteiger partial charge in [0.05, 0.1) is 13.1 Å². The van der Waals surface area contributed by atoms with Crippen LogP contribution in [0.4, 0.5) is 0 Å². The molecule has 1 fully saturated rings. The number of carbonyl (C=O) groups is 2. The summed E-state index contributed by atoms with van der Waals surface area (Å²) in [4.78, 5) is 21.8. The Bertz CT molecular complexity index is 256. The summed E-state index contributed by atoms with van der Waals surface area (Å²) in [5.74, 6) is -0.340. The number of nitrogens with one attached hydrogen (secondary N) is 1. The molecular weight excluding hydrogens is 208 g/mol. The van der Waals surface area contributed by atoms with Gasteiger partial charge in [0.15, 0.2) is 0 Å². The highest BCUT2D eigenvalue weighted by Gasteiger charge is 2.24. The molecule has 0 bridgehead atoms. The molecule has 0 heterocycles. The molecule has 0 saturated heterocycles. The van der Waals surface area contributed by atoms with Crippen LogP contribution in [0.15, 0.2) is 0 Å². The summed E-state index contributed by atoms with van der Waals surface area (Å²) in [5, 5.41) is 2.64. The van der Waals surface area contributed by atoms with Crippen LogP contribution in [0.3, 0.4) is 0 Å². The van der Waals surface area contributed by atoms with Gasteiger partial charge in [-0.15, -0.1) is 0 Å². The van der Waals surface area contributed by atoms with E-state index in [4.69, 9.17) is 10.5 Å². The van der Waals surface area contributed by atoms with Crippen LogP contribution >= 0.6 is 0 Å². The number of amides is 1. The zero-order valence-electron chi connectivity index (χ0n) is 9.70. The maximum absolute atomic E-state index is 11.4. The minimum atomic E-state index is -0.473. The number of ether oxygens (including phenoxy) is 1. The van der Waals surface area contributed by atoms with Gasteiger partial charge in [-0.05, 0) is 25.2 Å². The molecule has 0 aromatic rings. The maximum atomic E-state index is 11.4. The number of hydrogen-bond donors (Lipinski definition) is 2. The summed E-state index contributed by atoms with van der Waals surface area (Å²) in [6.07, 6.45) is 4.44. The molecule has 1 aliphatic carbocycles. The van der Waals surface area contributed by atoms with Crippen molar-refractivity contribution in [2.24, 2.45) is 11.7 Å². The summed E-state index contributed by atoms with van der Waals surface area (Å²) in [6.45, 7) is 2.16. The van der Waals surface area contributed by atoms with Crippen molar-refractivity contribution in [2.45, 2.75) is 38.7 Å². The lowest BCUT2D eigenvalue weighted by Gasteiger charge is -2.28. The number of esters is 1. The lowest BCUT2D eigenvalue weighted by atomic mass is 9.88. The summed E-state index contributed by atoms with van der Waals surface area (Å²) >= 11 is 0. The average Bonchev–Trinajstić information content (AvgIpc) is 2.21. The molecule has 3 N–H and O–H groups in total. The second-order valence-corrected chi connectivity index (χ2v) is 4.36. The molecule has 1 amide bonds. The summed E-state index contributed by atoms with van der Waals surface area (Å²) in [5.41, 5.74) is 4.93. The molecule has 0 aromatic carbocycles. The fourth-order valence-corrected chi connectivity index (χ4v) is 1.96. The van der Waals surface area contributed by atoms with E-state index in [2.05, 4.69) is 12.2 Å². The van der Waals surface area contributed by atoms with Crippen molar-refractivity contribution in [2.75, 3.05) is 13.1 Å². The number of primary amides is 1. The largest absolute Gasteiger partial charge is 0.461 e. The quantitative estimate of drug-likeness (QED) is 0.658. The van der Waals surface area contributed by atoms with Gasteiger partial charge in [0.25, 0.3) is 0 Å². The first-order chi connectivity index (χ1) is 7.59. The highest BCUT2D eigenvalue weighted by atomic mass is 16.5. The van der Waals surface area contributed by atoms with E-state index in [1.165, 1.54) is 6.42 Å². The van der Waals surface area contributed by atoms with E-state index in [9.17, 15) is 9.59 Å². The summed E-state index contributed by atoms with van der Waals surface area (Å²) in [7, 11) is 0. The molecule has 1 rings (SSSR count). The van der Waals surface area contributed by atoms with Gasteiger partial charge in [-0.3, -0.25) is 14.9 Å². The third-order valence-electron chi connectivity index (χ3n) is 2.88. The Morgan fingerprint density at radius 2 is 2.00 bits per heavy atom. The topological polar surface area (TPSA) is 81.4 Å². The van der Waals surface area contributed by atoms with Crippen molar-refractivity contribution in [1.82, 2.24) is 5.32 Å². The SMILES string of the molecule is CC1CCCCC1OC(=O)CNCC(N)=O. The van der Waals surface area contributed by atoms with Crippen LogP contribution in [0, 0.1) is 5.92 Å². The zero-order valence-corrected chi connectivity index (χ0v) is 9.70. The third-order valence-corrected chi connectivity index (χ3v) is 2.88. The van der Waals surface area contributed by atoms with Crippen LogP contribution in [-0.4, -0.2) is 31.1 Å². The predicted molar refractivity (Wildman–Crippen MR) is 59.6 cm³/mol. The van der Waals surface area contributed by atoms with Gasteiger partial charge in [0, 0.05) is 0 Å². The van der Waals surface area contributed by atoms with Gasteiger partial charge >= 0.3 is 5.97 Å². The van der Waals surface area contributed by atoms with E-state index < -0.39 is 5.91 Å². The number of hydrogen-bond acceptors (Lipinski definition) is 4. The fraction of sp³-hybridized carbons (Fsp3) is 0.818. The Balaban J connectivity index is 2.19. The third kappa shape index (κ3) is 4.61. The zero-order chi connectivity index (χ0) is 12.0.